The molecule has 78 valence electrons. The van der Waals surface area contributed by atoms with E-state index < -0.39 is 0 Å². The molecule has 0 aromatic carbocycles. The highest BCUT2D eigenvalue weighted by molar-refractivity contribution is 9.10. The van der Waals surface area contributed by atoms with Crippen molar-refractivity contribution in [2.24, 2.45) is 0 Å². The smallest absolute Gasteiger partial charge is 0.132 e. The molecule has 2 aromatic rings. The first kappa shape index (κ1) is 10.4. The van der Waals surface area contributed by atoms with E-state index in [-0.39, 0.29) is 0 Å². The summed E-state index contributed by atoms with van der Waals surface area (Å²) in [7, 11) is 0. The van der Waals surface area contributed by atoms with Crippen LogP contribution in [0.15, 0.2) is 22.9 Å². The van der Waals surface area contributed by atoms with Gasteiger partial charge in [0.2, 0.25) is 0 Å². The van der Waals surface area contributed by atoms with E-state index in [1.54, 1.807) is 0 Å². The third kappa shape index (κ3) is 1.81. The lowest BCUT2D eigenvalue weighted by Crippen LogP contribution is -1.93. The molecule has 0 radical (unpaired) electrons. The third-order valence-electron chi connectivity index (χ3n) is 2.37. The minimum Gasteiger partial charge on any atom is -0.303 e. The molecule has 0 spiro atoms. The molecule has 15 heavy (non-hydrogen) atoms. The number of aryl methyl sites for hydroxylation is 1. The first-order chi connectivity index (χ1) is 7.26. The molecule has 2 rings (SSSR count). The Labute approximate surface area is 96.3 Å². The number of hydrogen-bond acceptors (Lipinski definition) is 2. The summed E-state index contributed by atoms with van der Waals surface area (Å²) in [5.74, 6) is 1.02. The molecule has 0 unspecified atom stereocenters. The van der Waals surface area contributed by atoms with Crippen LogP contribution in [0.2, 0.25) is 0 Å². The zero-order valence-corrected chi connectivity index (χ0v) is 9.99. The number of nitrogens with zero attached hydrogens (tertiary/aromatic N) is 2. The molecule has 2 aromatic heterocycles. The summed E-state index contributed by atoms with van der Waals surface area (Å²) in [5, 5.41) is 0. The van der Waals surface area contributed by atoms with Gasteiger partial charge in [0.1, 0.15) is 16.7 Å². The number of rotatable bonds is 3. The van der Waals surface area contributed by atoms with Crippen LogP contribution < -0.4 is 0 Å². The largest absolute Gasteiger partial charge is 0.303 e. The Morgan fingerprint density at radius 1 is 1.60 bits per heavy atom. The van der Waals surface area contributed by atoms with Crippen LogP contribution in [0, 0.1) is 0 Å². The Hall–Kier alpha value is -1.16. The lowest BCUT2D eigenvalue weighted by Gasteiger charge is -2.00. The average Bonchev–Trinajstić information content (AvgIpc) is 2.56. The lowest BCUT2D eigenvalue weighted by molar-refractivity contribution is -0.107. The summed E-state index contributed by atoms with van der Waals surface area (Å²) in [6.45, 7) is 2.07. The van der Waals surface area contributed by atoms with E-state index in [0.29, 0.717) is 6.42 Å². The third-order valence-corrected chi connectivity index (χ3v) is 2.95. The molecule has 0 atom stereocenters. The SMILES string of the molecule is CCc1nc(Br)c2cc(CC=O)ccn12. The quantitative estimate of drug-likeness (QED) is 0.800. The van der Waals surface area contributed by atoms with Gasteiger partial charge in [0.15, 0.2) is 0 Å². The van der Waals surface area contributed by atoms with Crippen LogP contribution in [0.25, 0.3) is 5.52 Å². The van der Waals surface area contributed by atoms with Crippen molar-refractivity contribution in [3.05, 3.63) is 34.3 Å². The zero-order chi connectivity index (χ0) is 10.8. The van der Waals surface area contributed by atoms with Crippen molar-refractivity contribution in [3.8, 4) is 0 Å². The maximum absolute atomic E-state index is 10.4. The van der Waals surface area contributed by atoms with Crippen LogP contribution in [0.1, 0.15) is 18.3 Å². The Balaban J connectivity index is 2.61. The van der Waals surface area contributed by atoms with Gasteiger partial charge in [-0.3, -0.25) is 0 Å². The van der Waals surface area contributed by atoms with Gasteiger partial charge in [0.25, 0.3) is 0 Å². The predicted octanol–water partition coefficient (Wildman–Crippen LogP) is 2.40. The van der Waals surface area contributed by atoms with Crippen molar-refractivity contribution in [2.45, 2.75) is 19.8 Å². The number of carbonyl (C=O) groups is 1. The van der Waals surface area contributed by atoms with Gasteiger partial charge in [-0.25, -0.2) is 4.98 Å². The number of halogens is 1. The molecular weight excluding hydrogens is 256 g/mol. The van der Waals surface area contributed by atoms with E-state index >= 15 is 0 Å². The average molecular weight is 267 g/mol. The Morgan fingerprint density at radius 2 is 2.40 bits per heavy atom. The first-order valence-electron chi connectivity index (χ1n) is 4.85. The number of aldehydes is 1. The summed E-state index contributed by atoms with van der Waals surface area (Å²) in [4.78, 5) is 14.8. The fourth-order valence-electron chi connectivity index (χ4n) is 1.62. The van der Waals surface area contributed by atoms with Crippen LogP contribution in [0.3, 0.4) is 0 Å². The molecule has 0 aliphatic carbocycles. The molecule has 0 saturated heterocycles. The molecule has 0 aliphatic heterocycles. The number of carbonyl (C=O) groups excluding carboxylic acids is 1. The van der Waals surface area contributed by atoms with Crippen molar-refractivity contribution in [1.82, 2.24) is 9.38 Å². The number of aromatic nitrogens is 2. The van der Waals surface area contributed by atoms with Gasteiger partial charge in [-0.15, -0.1) is 0 Å². The highest BCUT2D eigenvalue weighted by atomic mass is 79.9. The second kappa shape index (κ2) is 4.14. The van der Waals surface area contributed by atoms with Crippen LogP contribution in [0.4, 0.5) is 0 Å². The minimum absolute atomic E-state index is 0.454. The maximum Gasteiger partial charge on any atom is 0.132 e. The standard InChI is InChI=1S/C11H11BrN2O/c1-2-10-13-11(12)9-7-8(4-6-15)3-5-14(9)10/h3,5-7H,2,4H2,1H3. The normalized spacial score (nSPS) is 10.8. The minimum atomic E-state index is 0.454. The van der Waals surface area contributed by atoms with Gasteiger partial charge >= 0.3 is 0 Å². The van der Waals surface area contributed by atoms with Gasteiger partial charge in [-0.05, 0) is 33.6 Å². The monoisotopic (exact) mass is 266 g/mol. The van der Waals surface area contributed by atoms with Crippen LogP contribution >= 0.6 is 15.9 Å². The summed E-state index contributed by atoms with van der Waals surface area (Å²) in [6, 6.07) is 3.94. The number of imidazole rings is 1. The number of fused-ring (bicyclic) bond motifs is 1. The summed E-state index contributed by atoms with van der Waals surface area (Å²) in [6.07, 6.45) is 4.22. The maximum atomic E-state index is 10.4. The van der Waals surface area contributed by atoms with Crippen molar-refractivity contribution in [3.63, 3.8) is 0 Å². The molecule has 0 amide bonds. The highest BCUT2D eigenvalue weighted by Crippen LogP contribution is 2.20. The molecule has 2 heterocycles. The number of pyridine rings is 1. The molecule has 0 N–H and O–H groups in total. The van der Waals surface area contributed by atoms with Gasteiger partial charge in [0, 0.05) is 19.0 Å². The predicted molar refractivity (Wildman–Crippen MR) is 62.0 cm³/mol. The Morgan fingerprint density at radius 3 is 3.07 bits per heavy atom. The van der Waals surface area contributed by atoms with Crippen LogP contribution in [0.5, 0.6) is 0 Å². The molecule has 4 heteroatoms. The first-order valence-corrected chi connectivity index (χ1v) is 5.64. The van der Waals surface area contributed by atoms with E-state index in [0.717, 1.165) is 34.2 Å². The Bertz CT molecular complexity index is 505. The van der Waals surface area contributed by atoms with E-state index in [4.69, 9.17) is 0 Å². The summed E-state index contributed by atoms with van der Waals surface area (Å²) >= 11 is 3.42. The van der Waals surface area contributed by atoms with Gasteiger partial charge in [-0.1, -0.05) is 6.92 Å². The lowest BCUT2D eigenvalue weighted by atomic mass is 10.2. The van der Waals surface area contributed by atoms with E-state index in [2.05, 4.69) is 27.8 Å². The molecule has 3 nitrogen and oxygen atoms in total. The molecule has 0 fully saturated rings. The van der Waals surface area contributed by atoms with E-state index in [9.17, 15) is 4.79 Å². The van der Waals surface area contributed by atoms with E-state index in [1.807, 2.05) is 22.7 Å². The Kier molecular flexibility index (Phi) is 2.86. The van der Waals surface area contributed by atoms with Crippen LogP contribution in [-0.4, -0.2) is 15.7 Å². The van der Waals surface area contributed by atoms with E-state index in [1.165, 1.54) is 0 Å². The van der Waals surface area contributed by atoms with Gasteiger partial charge < -0.3 is 9.20 Å². The van der Waals surface area contributed by atoms with Crippen molar-refractivity contribution < 1.29 is 4.79 Å². The topological polar surface area (TPSA) is 34.4 Å². The molecule has 0 aliphatic rings. The van der Waals surface area contributed by atoms with Gasteiger partial charge in [-0.2, -0.15) is 0 Å². The van der Waals surface area contributed by atoms with Gasteiger partial charge in [0.05, 0.1) is 5.52 Å². The zero-order valence-electron chi connectivity index (χ0n) is 8.40. The fourth-order valence-corrected chi connectivity index (χ4v) is 2.14. The summed E-state index contributed by atoms with van der Waals surface area (Å²) < 4.78 is 2.88. The second-order valence-electron chi connectivity index (χ2n) is 3.33. The molecule has 0 bridgehead atoms. The summed E-state index contributed by atoms with van der Waals surface area (Å²) in [5.41, 5.74) is 2.03. The second-order valence-corrected chi connectivity index (χ2v) is 4.08. The van der Waals surface area contributed by atoms with Crippen LogP contribution in [-0.2, 0) is 17.6 Å². The van der Waals surface area contributed by atoms with Crippen molar-refractivity contribution >= 4 is 27.7 Å². The molecular formula is C11H11BrN2O. The van der Waals surface area contributed by atoms with Crippen molar-refractivity contribution in [1.29, 1.82) is 0 Å². The van der Waals surface area contributed by atoms with Crippen molar-refractivity contribution in [2.75, 3.05) is 0 Å². The fraction of sp³-hybridized carbons (Fsp3) is 0.273. The number of hydrogen-bond donors (Lipinski definition) is 0. The highest BCUT2D eigenvalue weighted by Gasteiger charge is 2.07. The molecule has 0 saturated carbocycles.